The number of carbonyl (C=O) groups is 3. The van der Waals surface area contributed by atoms with Crippen molar-refractivity contribution in [3.8, 4) is 6.07 Å². The van der Waals surface area contributed by atoms with Gasteiger partial charge in [-0.25, -0.2) is 9.69 Å². The molecule has 0 bridgehead atoms. The number of aliphatic carboxylic acids is 1. The van der Waals surface area contributed by atoms with E-state index in [1.807, 2.05) is 61.6 Å². The molecule has 0 atom stereocenters. The van der Waals surface area contributed by atoms with Gasteiger partial charge in [0.05, 0.1) is 22.9 Å². The van der Waals surface area contributed by atoms with Crippen LogP contribution in [-0.2, 0) is 28.7 Å². The highest BCUT2D eigenvalue weighted by Crippen LogP contribution is 2.42. The first-order valence-electron chi connectivity index (χ1n) is 13.6. The Balaban J connectivity index is 0.000000996. The molecule has 3 aromatic rings. The lowest BCUT2D eigenvalue weighted by Gasteiger charge is -2.41. The molecule has 0 radical (unpaired) electrons. The number of imide groups is 1. The molecular formula is C32H31F3N4O4. The average molecular weight is 593 g/mol. The van der Waals surface area contributed by atoms with Crippen molar-refractivity contribution >= 4 is 23.6 Å². The molecule has 2 saturated heterocycles. The summed E-state index contributed by atoms with van der Waals surface area (Å²) in [6.07, 6.45) is -3.44. The number of likely N-dealkylation sites (tertiary alicyclic amines) is 1. The minimum absolute atomic E-state index is 0.149. The van der Waals surface area contributed by atoms with Crippen LogP contribution in [-0.4, -0.2) is 58.5 Å². The maximum Gasteiger partial charge on any atom is 0.417 e. The number of carboxylic acid groups (broad SMARTS) is 1. The standard InChI is InChI=1S/C30H27F3N4O2.C2H4O2/c1-35-15-13-29(14-16-35)27(38)37(25-12-11-23(19-34)26(18-25)30(31,32)33)28(39)36(29)20-24-10-6-5-9-22(24)17-21-7-3-2-4-8-21;1-2(3)4/h2-12,18H,13-17,20H2,1H3;1H3,(H,3,4). The van der Waals surface area contributed by atoms with Gasteiger partial charge in [0, 0.05) is 26.6 Å². The topological polar surface area (TPSA) is 105 Å². The molecule has 0 unspecified atom stereocenters. The predicted molar refractivity (Wildman–Crippen MR) is 153 cm³/mol. The first kappa shape index (κ1) is 31.3. The quantitative estimate of drug-likeness (QED) is 0.382. The molecule has 8 nitrogen and oxygen atoms in total. The fourth-order valence-electron chi connectivity index (χ4n) is 5.51. The second kappa shape index (κ2) is 12.7. The number of carboxylic acids is 1. The van der Waals surface area contributed by atoms with E-state index in [-0.39, 0.29) is 12.2 Å². The molecule has 5 rings (SSSR count). The van der Waals surface area contributed by atoms with Crippen molar-refractivity contribution in [1.82, 2.24) is 9.80 Å². The molecule has 3 amide bonds. The van der Waals surface area contributed by atoms with Gasteiger partial charge in [-0.2, -0.15) is 18.4 Å². The van der Waals surface area contributed by atoms with Crippen molar-refractivity contribution in [3.63, 3.8) is 0 Å². The molecule has 1 N–H and O–H groups in total. The summed E-state index contributed by atoms with van der Waals surface area (Å²) in [7, 11) is 1.93. The molecular weight excluding hydrogens is 561 g/mol. The van der Waals surface area contributed by atoms with E-state index >= 15 is 0 Å². The van der Waals surface area contributed by atoms with Gasteiger partial charge >= 0.3 is 12.2 Å². The van der Waals surface area contributed by atoms with Gasteiger partial charge in [0.1, 0.15) is 5.54 Å². The molecule has 2 heterocycles. The lowest BCUT2D eigenvalue weighted by molar-refractivity contribution is -0.138. The van der Waals surface area contributed by atoms with Crippen LogP contribution in [0.15, 0.2) is 72.8 Å². The minimum atomic E-state index is -4.81. The molecule has 224 valence electrons. The maximum absolute atomic E-state index is 14.0. The SMILES string of the molecule is CC(=O)O.CN1CCC2(CC1)C(=O)N(c1ccc(C#N)c(C(F)(F)F)c1)C(=O)N2Cc1ccccc1Cc1ccccc1. The lowest BCUT2D eigenvalue weighted by Crippen LogP contribution is -2.55. The summed E-state index contributed by atoms with van der Waals surface area (Å²) in [5.41, 5.74) is -0.119. The summed E-state index contributed by atoms with van der Waals surface area (Å²) in [4.78, 5) is 41.4. The van der Waals surface area contributed by atoms with Crippen molar-refractivity contribution in [1.29, 1.82) is 5.26 Å². The van der Waals surface area contributed by atoms with Gasteiger partial charge < -0.3 is 14.9 Å². The Morgan fingerprint density at radius 3 is 2.14 bits per heavy atom. The molecule has 0 aliphatic carbocycles. The third kappa shape index (κ3) is 6.70. The van der Waals surface area contributed by atoms with Gasteiger partial charge in [0.25, 0.3) is 11.9 Å². The normalized spacial score (nSPS) is 16.6. The van der Waals surface area contributed by atoms with Crippen LogP contribution >= 0.6 is 0 Å². The highest BCUT2D eigenvalue weighted by atomic mass is 19.4. The fourth-order valence-corrected chi connectivity index (χ4v) is 5.51. The van der Waals surface area contributed by atoms with Crippen molar-refractivity contribution in [2.45, 2.75) is 44.4 Å². The van der Waals surface area contributed by atoms with Crippen LogP contribution < -0.4 is 4.90 Å². The van der Waals surface area contributed by atoms with Crippen LogP contribution in [0, 0.1) is 11.3 Å². The molecule has 1 spiro atoms. The Kier molecular flexibility index (Phi) is 9.21. The molecule has 43 heavy (non-hydrogen) atoms. The first-order valence-corrected chi connectivity index (χ1v) is 13.6. The van der Waals surface area contributed by atoms with E-state index in [1.54, 1.807) is 6.07 Å². The number of carbonyl (C=O) groups excluding carboxylic acids is 2. The number of nitriles is 1. The van der Waals surface area contributed by atoms with Crippen molar-refractivity contribution in [2.24, 2.45) is 0 Å². The number of rotatable bonds is 5. The van der Waals surface area contributed by atoms with E-state index in [0.29, 0.717) is 32.4 Å². The highest BCUT2D eigenvalue weighted by Gasteiger charge is 2.58. The fraction of sp³-hybridized carbons (Fsp3) is 0.312. The van der Waals surface area contributed by atoms with E-state index in [9.17, 15) is 28.0 Å². The Morgan fingerprint density at radius 1 is 0.977 bits per heavy atom. The van der Waals surface area contributed by atoms with Gasteiger partial charge in [0.15, 0.2) is 0 Å². The van der Waals surface area contributed by atoms with Gasteiger partial charge in [-0.05, 0) is 61.2 Å². The number of nitrogens with zero attached hydrogens (tertiary/aromatic N) is 4. The third-order valence-electron chi connectivity index (χ3n) is 7.73. The molecule has 0 saturated carbocycles. The van der Waals surface area contributed by atoms with Gasteiger partial charge in [-0.3, -0.25) is 9.59 Å². The van der Waals surface area contributed by atoms with Crippen molar-refractivity contribution < 1.29 is 32.7 Å². The van der Waals surface area contributed by atoms with Crippen LogP contribution in [0.1, 0.15) is 47.6 Å². The van der Waals surface area contributed by atoms with Gasteiger partial charge in [0.2, 0.25) is 0 Å². The summed E-state index contributed by atoms with van der Waals surface area (Å²) in [5, 5.41) is 16.6. The molecule has 3 aromatic carbocycles. The van der Waals surface area contributed by atoms with E-state index in [2.05, 4.69) is 4.90 Å². The van der Waals surface area contributed by atoms with Crippen LogP contribution in [0.2, 0.25) is 0 Å². The average Bonchev–Trinajstić information content (AvgIpc) is 3.16. The molecule has 11 heteroatoms. The minimum Gasteiger partial charge on any atom is -0.481 e. The Bertz CT molecular complexity index is 1540. The number of hydrogen-bond donors (Lipinski definition) is 1. The highest BCUT2D eigenvalue weighted by molar-refractivity contribution is 6.23. The summed E-state index contributed by atoms with van der Waals surface area (Å²) >= 11 is 0. The molecule has 2 aliphatic rings. The smallest absolute Gasteiger partial charge is 0.417 e. The predicted octanol–water partition coefficient (Wildman–Crippen LogP) is 5.69. The van der Waals surface area contributed by atoms with Crippen LogP contribution in [0.5, 0.6) is 0 Å². The summed E-state index contributed by atoms with van der Waals surface area (Å²) < 4.78 is 41.2. The maximum atomic E-state index is 14.0. The molecule has 2 aliphatic heterocycles. The lowest BCUT2D eigenvalue weighted by atomic mass is 9.85. The molecule has 2 fully saturated rings. The summed E-state index contributed by atoms with van der Waals surface area (Å²) in [6, 6.07) is 21.5. The number of halogens is 3. The zero-order valence-corrected chi connectivity index (χ0v) is 23.8. The van der Waals surface area contributed by atoms with E-state index in [4.69, 9.17) is 9.90 Å². The Morgan fingerprint density at radius 2 is 1.56 bits per heavy atom. The summed E-state index contributed by atoms with van der Waals surface area (Å²) in [6.45, 7) is 2.36. The van der Waals surface area contributed by atoms with Crippen molar-refractivity contribution in [2.75, 3.05) is 25.0 Å². The number of piperidine rings is 1. The zero-order valence-electron chi connectivity index (χ0n) is 23.8. The van der Waals surface area contributed by atoms with E-state index < -0.39 is 40.7 Å². The van der Waals surface area contributed by atoms with Crippen LogP contribution in [0.4, 0.5) is 23.7 Å². The third-order valence-corrected chi connectivity index (χ3v) is 7.73. The first-order chi connectivity index (χ1) is 20.4. The number of amides is 3. The second-order valence-electron chi connectivity index (χ2n) is 10.6. The monoisotopic (exact) mass is 592 g/mol. The van der Waals surface area contributed by atoms with E-state index in [1.165, 1.54) is 11.0 Å². The molecule has 0 aromatic heterocycles. The van der Waals surface area contributed by atoms with Crippen LogP contribution in [0.3, 0.4) is 0 Å². The Hall–Kier alpha value is -4.69. The zero-order chi connectivity index (χ0) is 31.4. The number of alkyl halides is 3. The second-order valence-corrected chi connectivity index (χ2v) is 10.6. The summed E-state index contributed by atoms with van der Waals surface area (Å²) in [5.74, 6) is -1.36. The van der Waals surface area contributed by atoms with Crippen molar-refractivity contribution in [3.05, 3.63) is 101 Å². The van der Waals surface area contributed by atoms with Crippen LogP contribution in [0.25, 0.3) is 0 Å². The number of hydrogen-bond acceptors (Lipinski definition) is 5. The largest absolute Gasteiger partial charge is 0.481 e. The van der Waals surface area contributed by atoms with E-state index in [0.717, 1.165) is 40.6 Å². The van der Waals surface area contributed by atoms with Gasteiger partial charge in [-0.15, -0.1) is 0 Å². The number of urea groups is 1. The van der Waals surface area contributed by atoms with Gasteiger partial charge in [-0.1, -0.05) is 54.6 Å². The Labute approximate surface area is 247 Å². The number of anilines is 1. The number of benzene rings is 3.